The molecule has 0 aromatic rings. The first-order valence-electron chi connectivity index (χ1n) is 27.5. The quantitative estimate of drug-likeness (QED) is 0.0197. The van der Waals surface area contributed by atoms with E-state index in [9.17, 15) is 33.1 Å². The molecule has 0 bridgehead atoms. The summed E-state index contributed by atoms with van der Waals surface area (Å²) in [5.74, 6) is -0.403. The van der Waals surface area contributed by atoms with Crippen molar-refractivity contribution in [3.63, 3.8) is 0 Å². The van der Waals surface area contributed by atoms with E-state index in [2.05, 4.69) is 78.8 Å². The molecule has 12 nitrogen and oxygen atoms in total. The summed E-state index contributed by atoms with van der Waals surface area (Å²) in [6, 6.07) is 0. The number of aliphatic hydroxyl groups is 3. The molecule has 13 heteroatoms. The SMILES string of the molecule is CC/C=C\C/C=C\C/C=C\C/C=C\CCCCCCCCCCCCCCC(=O)OC(COCCCCCCCC/C=C\CCCCCCCCC)COC1OC(CO)C(O)C(OS(=O)(=O)O)C1O. The van der Waals surface area contributed by atoms with Crippen LogP contribution >= 0.6 is 0 Å². The molecule has 0 spiro atoms. The molecule has 6 unspecified atom stereocenters. The Hall–Kier alpha value is -2.20. The zero-order chi connectivity index (χ0) is 50.3. The van der Waals surface area contributed by atoms with Crippen molar-refractivity contribution < 1.29 is 56.2 Å². The number of carbonyl (C=O) groups excluding carboxylic acids is 1. The average Bonchev–Trinajstić information content (AvgIpc) is 3.32. The third kappa shape index (κ3) is 40.0. The normalized spacial score (nSPS) is 19.7. The molecule has 1 aliphatic rings. The van der Waals surface area contributed by atoms with E-state index in [4.69, 9.17) is 18.9 Å². The number of ether oxygens (including phenoxy) is 4. The van der Waals surface area contributed by atoms with E-state index in [1.54, 1.807) is 0 Å². The number of unbranched alkanes of at least 4 members (excludes halogenated alkanes) is 25. The lowest BCUT2D eigenvalue weighted by molar-refractivity contribution is -0.301. The molecule has 0 saturated carbocycles. The Kier molecular flexibility index (Phi) is 44.0. The predicted molar refractivity (Wildman–Crippen MR) is 280 cm³/mol. The smallest absolute Gasteiger partial charge is 0.397 e. The standard InChI is InChI=1S/C56H100O12S/c1-3-5-7-9-11-13-15-17-19-21-22-23-24-25-26-27-28-29-31-33-35-37-39-41-43-45-52(58)66-50(49-65-56-54(60)55(68-69(61,62)63)53(59)51(47-57)67-56)48-64-46-44-42-40-38-36-34-32-30-20-18-16-14-12-10-8-6-4-2/h5,7,11,13,17,19-20,22-23,30,50-51,53-57,59-60H,3-4,6,8-10,12,14-16,18,21,24-29,31-49H2,1-2H3,(H,61,62,63)/b7-5-,13-11-,19-17-,23-22-,30-20-. The summed E-state index contributed by atoms with van der Waals surface area (Å²) in [6.07, 6.45) is 51.1. The first-order chi connectivity index (χ1) is 33.6. The highest BCUT2D eigenvalue weighted by Crippen LogP contribution is 2.26. The zero-order valence-corrected chi connectivity index (χ0v) is 44.2. The molecule has 69 heavy (non-hydrogen) atoms. The van der Waals surface area contributed by atoms with Gasteiger partial charge in [0.05, 0.1) is 19.8 Å². The third-order valence-corrected chi connectivity index (χ3v) is 12.8. The summed E-state index contributed by atoms with van der Waals surface area (Å²) in [7, 11) is -5.07. The molecular weight excluding hydrogens is 897 g/mol. The van der Waals surface area contributed by atoms with Crippen LogP contribution in [0.1, 0.15) is 226 Å². The van der Waals surface area contributed by atoms with Crippen LogP contribution in [0, 0.1) is 0 Å². The van der Waals surface area contributed by atoms with Crippen LogP contribution in [0.5, 0.6) is 0 Å². The summed E-state index contributed by atoms with van der Waals surface area (Å²) in [5, 5.41) is 30.8. The van der Waals surface area contributed by atoms with E-state index in [1.165, 1.54) is 122 Å². The van der Waals surface area contributed by atoms with Crippen molar-refractivity contribution in [1.82, 2.24) is 0 Å². The van der Waals surface area contributed by atoms with Gasteiger partial charge in [0.1, 0.15) is 30.5 Å². The van der Waals surface area contributed by atoms with Crippen molar-refractivity contribution in [1.29, 1.82) is 0 Å². The van der Waals surface area contributed by atoms with Gasteiger partial charge in [-0.25, -0.2) is 4.18 Å². The molecule has 1 saturated heterocycles. The predicted octanol–water partition coefficient (Wildman–Crippen LogP) is 13.3. The maximum atomic E-state index is 12.9. The van der Waals surface area contributed by atoms with Crippen LogP contribution in [0.3, 0.4) is 0 Å². The van der Waals surface area contributed by atoms with Crippen LogP contribution in [0.15, 0.2) is 60.8 Å². The van der Waals surface area contributed by atoms with Crippen LogP contribution in [-0.4, -0.2) is 97.5 Å². The monoisotopic (exact) mass is 997 g/mol. The van der Waals surface area contributed by atoms with Gasteiger partial charge >= 0.3 is 16.4 Å². The maximum absolute atomic E-state index is 12.9. The summed E-state index contributed by atoms with van der Waals surface area (Å²) >= 11 is 0. The fraction of sp³-hybridized carbons (Fsp3) is 0.804. The number of hydrogen-bond donors (Lipinski definition) is 4. The Balaban J connectivity index is 2.31. The summed E-state index contributed by atoms with van der Waals surface area (Å²) < 4.78 is 59.3. The van der Waals surface area contributed by atoms with Gasteiger partial charge in [-0.15, -0.1) is 0 Å². The molecule has 6 atom stereocenters. The van der Waals surface area contributed by atoms with Gasteiger partial charge in [0.2, 0.25) is 0 Å². The molecule has 0 radical (unpaired) electrons. The minimum atomic E-state index is -5.07. The molecule has 1 fully saturated rings. The van der Waals surface area contributed by atoms with Crippen LogP contribution in [0.4, 0.5) is 0 Å². The molecule has 1 aliphatic heterocycles. The van der Waals surface area contributed by atoms with Crippen LogP contribution < -0.4 is 0 Å². The van der Waals surface area contributed by atoms with Crippen molar-refractivity contribution in [3.05, 3.63) is 60.8 Å². The molecule has 1 heterocycles. The molecule has 0 aromatic heterocycles. The maximum Gasteiger partial charge on any atom is 0.397 e. The van der Waals surface area contributed by atoms with Gasteiger partial charge < -0.3 is 34.3 Å². The fourth-order valence-corrected chi connectivity index (χ4v) is 8.76. The van der Waals surface area contributed by atoms with E-state index in [0.29, 0.717) is 13.0 Å². The number of hydrogen-bond acceptors (Lipinski definition) is 11. The Labute approximate surface area is 420 Å². The molecule has 1 rings (SSSR count). The second kappa shape index (κ2) is 46.8. The fourth-order valence-electron chi connectivity index (χ4n) is 8.25. The van der Waals surface area contributed by atoms with Crippen molar-refractivity contribution in [2.75, 3.05) is 26.4 Å². The topological polar surface area (TPSA) is 178 Å². The van der Waals surface area contributed by atoms with Crippen molar-refractivity contribution in [2.45, 2.75) is 263 Å². The highest BCUT2D eigenvalue weighted by molar-refractivity contribution is 7.80. The second-order valence-corrected chi connectivity index (χ2v) is 19.8. The van der Waals surface area contributed by atoms with E-state index in [0.717, 1.165) is 77.0 Å². The van der Waals surface area contributed by atoms with Crippen molar-refractivity contribution >= 4 is 16.4 Å². The lowest BCUT2D eigenvalue weighted by Crippen LogP contribution is -2.60. The van der Waals surface area contributed by atoms with Gasteiger partial charge in [0.25, 0.3) is 0 Å². The molecule has 4 N–H and O–H groups in total. The average molecular weight is 997 g/mol. The second-order valence-electron chi connectivity index (χ2n) is 18.8. The van der Waals surface area contributed by atoms with E-state index < -0.39 is 59.8 Å². The number of esters is 1. The van der Waals surface area contributed by atoms with Crippen LogP contribution in [0.25, 0.3) is 0 Å². The minimum absolute atomic E-state index is 0.0305. The number of rotatable bonds is 48. The molecule has 0 aliphatic carbocycles. The molecule has 0 aromatic carbocycles. The zero-order valence-electron chi connectivity index (χ0n) is 43.4. The summed E-state index contributed by atoms with van der Waals surface area (Å²) in [6.45, 7) is 3.88. The lowest BCUT2D eigenvalue weighted by Gasteiger charge is -2.41. The molecule has 402 valence electrons. The number of aliphatic hydroxyl groups excluding tert-OH is 3. The molecule has 0 amide bonds. The van der Waals surface area contributed by atoms with Gasteiger partial charge in [0, 0.05) is 13.0 Å². The first-order valence-corrected chi connectivity index (χ1v) is 28.9. The summed E-state index contributed by atoms with van der Waals surface area (Å²) in [5.41, 5.74) is 0. The first kappa shape index (κ1) is 64.8. The van der Waals surface area contributed by atoms with Crippen LogP contribution in [-0.2, 0) is 38.3 Å². The van der Waals surface area contributed by atoms with Crippen molar-refractivity contribution in [3.8, 4) is 0 Å². The lowest BCUT2D eigenvalue weighted by atomic mass is 9.99. The molecular formula is C56H100O12S. The van der Waals surface area contributed by atoms with Crippen molar-refractivity contribution in [2.24, 2.45) is 0 Å². The van der Waals surface area contributed by atoms with Gasteiger partial charge in [0.15, 0.2) is 6.29 Å². The van der Waals surface area contributed by atoms with Gasteiger partial charge in [-0.3, -0.25) is 9.35 Å². The Morgan fingerprint density at radius 3 is 1.48 bits per heavy atom. The third-order valence-electron chi connectivity index (χ3n) is 12.4. The Morgan fingerprint density at radius 1 is 0.565 bits per heavy atom. The largest absolute Gasteiger partial charge is 0.457 e. The Morgan fingerprint density at radius 2 is 1.00 bits per heavy atom. The number of carbonyl (C=O) groups is 1. The van der Waals surface area contributed by atoms with Gasteiger partial charge in [-0.2, -0.15) is 8.42 Å². The highest BCUT2D eigenvalue weighted by atomic mass is 32.3. The highest BCUT2D eigenvalue weighted by Gasteiger charge is 2.48. The van der Waals surface area contributed by atoms with E-state index in [1.807, 2.05) is 0 Å². The minimum Gasteiger partial charge on any atom is -0.457 e. The van der Waals surface area contributed by atoms with E-state index in [-0.39, 0.29) is 19.6 Å². The van der Waals surface area contributed by atoms with Gasteiger partial charge in [-0.05, 0) is 77.0 Å². The van der Waals surface area contributed by atoms with E-state index >= 15 is 0 Å². The van der Waals surface area contributed by atoms with Crippen LogP contribution in [0.2, 0.25) is 0 Å². The van der Waals surface area contributed by atoms with Gasteiger partial charge in [-0.1, -0.05) is 203 Å². The number of allylic oxidation sites excluding steroid dienone is 10. The summed E-state index contributed by atoms with van der Waals surface area (Å²) in [4.78, 5) is 12.9. The Bertz CT molecular complexity index is 1430.